The van der Waals surface area contributed by atoms with E-state index >= 15 is 0 Å². The van der Waals surface area contributed by atoms with E-state index in [9.17, 15) is 111 Å². The van der Waals surface area contributed by atoms with Gasteiger partial charge in [-0.25, -0.2) is 0 Å². The lowest BCUT2D eigenvalue weighted by molar-refractivity contribution is -0.401. The number of hydrogen-bond donors (Lipinski definition) is 22. The zero-order chi connectivity index (χ0) is 63.5. The Morgan fingerprint density at radius 2 is 0.663 bits per heavy atom. The zero-order valence-corrected chi connectivity index (χ0v) is 46.5. The first kappa shape index (κ1) is 70.6. The van der Waals surface area contributed by atoms with E-state index in [1.165, 1.54) is 6.92 Å². The molecular formula is C48H81N3O35. The SMILES string of the molecule is CC(=O)N[C@H]1[C@@H](O[C@H]2[C@@H](O)[C@@H](CO)O[C@@H](O[C@H]3[C@@H](O)[C@@H](CO)O[C@@H](O[C@H]4[C@@H](O)[C@@H](CO)O[C@H](O[C@@H]5[C@H](O)[C@@H](O)[C@H](O[C@H]6[C@H](O)[C@@H](NC(C)=O)C(O)O[C@@H]6CO)O[C@@H]5CO)[C@@H]4O)[C@@H]3NC(C)=O)[C@@H]2O[C@@H]2O[C@@H](C)[C@@H](O)[C@@H](O)[C@@H]2O)O[C@H](CO)[C@H](O)[C@@H]1O. The molecule has 0 radical (unpaired) electrons. The third-order valence-corrected chi connectivity index (χ3v) is 15.7. The number of amides is 3. The Balaban J connectivity index is 1.18. The number of hydrogen-bond acceptors (Lipinski definition) is 35. The molecule has 3 amide bonds. The maximum atomic E-state index is 13.1. The van der Waals surface area contributed by atoms with Crippen molar-refractivity contribution in [3.63, 3.8) is 0 Å². The molecular weight excluding hydrogens is 1180 g/mol. The first-order valence-corrected chi connectivity index (χ1v) is 27.5. The first-order chi connectivity index (χ1) is 40.6. The molecule has 7 rings (SSSR count). The Morgan fingerprint density at radius 3 is 1.21 bits per heavy atom. The van der Waals surface area contributed by atoms with Crippen LogP contribution in [0.25, 0.3) is 0 Å². The fraction of sp³-hybridized carbons (Fsp3) is 0.938. The summed E-state index contributed by atoms with van der Waals surface area (Å²) in [6, 6.07) is -5.19. The maximum Gasteiger partial charge on any atom is 0.217 e. The number of rotatable bonds is 21. The summed E-state index contributed by atoms with van der Waals surface area (Å²) in [5.74, 6) is -2.48. The quantitative estimate of drug-likeness (QED) is 0.0507. The molecule has 0 aliphatic carbocycles. The van der Waals surface area contributed by atoms with Crippen LogP contribution in [0.3, 0.4) is 0 Å². The van der Waals surface area contributed by atoms with E-state index in [1.807, 2.05) is 0 Å². The summed E-state index contributed by atoms with van der Waals surface area (Å²) in [7, 11) is 0. The molecule has 7 saturated heterocycles. The van der Waals surface area contributed by atoms with Gasteiger partial charge in [-0.05, 0) is 6.92 Å². The van der Waals surface area contributed by atoms with E-state index in [1.54, 1.807) is 0 Å². The van der Waals surface area contributed by atoms with Gasteiger partial charge in [0.1, 0.15) is 165 Å². The molecule has 7 aliphatic heterocycles. The maximum absolute atomic E-state index is 13.1. The number of carbonyl (C=O) groups excluding carboxylic acids is 3. The van der Waals surface area contributed by atoms with Gasteiger partial charge in [-0.1, -0.05) is 0 Å². The molecule has 0 aromatic heterocycles. The number of aliphatic hydroxyl groups excluding tert-OH is 19. The lowest BCUT2D eigenvalue weighted by Crippen LogP contribution is -2.71. The Kier molecular flexibility index (Phi) is 25.0. The van der Waals surface area contributed by atoms with Crippen LogP contribution < -0.4 is 16.0 Å². The van der Waals surface area contributed by atoms with Crippen LogP contribution in [0.15, 0.2) is 0 Å². The van der Waals surface area contributed by atoms with Crippen LogP contribution in [-0.4, -0.2) is 369 Å². The summed E-state index contributed by atoms with van der Waals surface area (Å²) in [6.45, 7) is -1.91. The van der Waals surface area contributed by atoms with E-state index in [0.29, 0.717) is 0 Å². The van der Waals surface area contributed by atoms with Gasteiger partial charge < -0.3 is 175 Å². The second-order valence-corrected chi connectivity index (χ2v) is 21.8. The molecule has 1 unspecified atom stereocenters. The Morgan fingerprint density at radius 1 is 0.302 bits per heavy atom. The van der Waals surface area contributed by atoms with Gasteiger partial charge in [0.2, 0.25) is 17.7 Å². The van der Waals surface area contributed by atoms with Crippen molar-refractivity contribution in [1.29, 1.82) is 0 Å². The summed E-state index contributed by atoms with van der Waals surface area (Å²) >= 11 is 0. The minimum atomic E-state index is -2.31. The van der Waals surface area contributed by atoms with Crippen LogP contribution in [-0.2, 0) is 76.0 Å². The molecule has 38 nitrogen and oxygen atoms in total. The van der Waals surface area contributed by atoms with Crippen LogP contribution in [0.5, 0.6) is 0 Å². The molecule has 498 valence electrons. The first-order valence-electron chi connectivity index (χ1n) is 27.5. The van der Waals surface area contributed by atoms with Gasteiger partial charge in [-0.15, -0.1) is 0 Å². The van der Waals surface area contributed by atoms with Crippen molar-refractivity contribution >= 4 is 17.7 Å². The standard InChI is InChI=1S/C48H81N3O35/c1-11-24(61)31(68)33(70)45(74-11)86-41-40(85-43-22(50-13(3)59)29(66)25(62)15(5-52)76-43)28(65)18(8-55)79-48(41)83-38-23(51-14(4)60)44(77-16(6-53)26(38)63)84-39-27(64)17(7-54)78-47(35(39)72)82-37-20(10-57)80-46(34(71)32(37)69)81-36-19(9-56)75-42(73)21(30(36)67)49-12(2)58/h11,15-48,52-57,61-73H,5-10H2,1-4H3,(H,49,58)(H,50,59)(H,51,60)/t11-,15+,16+,17+,18+,19+,20+,21+,22+,23+,24+,25-,26-,27-,28-,29+,30+,31+,32+,33-,34+,35+,36+,37-,38+,39-,40-,41+,42?,43+,44-,45-,46-,47+,48-/m0/s1. The molecule has 22 N–H and O–H groups in total. The van der Waals surface area contributed by atoms with Gasteiger partial charge in [0, 0.05) is 20.8 Å². The molecule has 0 saturated carbocycles. The Bertz CT molecular complexity index is 2170. The third-order valence-electron chi connectivity index (χ3n) is 15.7. The minimum absolute atomic E-state index is 0.721. The molecule has 7 aliphatic rings. The van der Waals surface area contributed by atoms with Gasteiger partial charge >= 0.3 is 0 Å². The average Bonchev–Trinajstić information content (AvgIpc) is 0.922. The van der Waals surface area contributed by atoms with Crippen molar-refractivity contribution < 1.29 is 173 Å². The van der Waals surface area contributed by atoms with Crippen LogP contribution in [0.2, 0.25) is 0 Å². The fourth-order valence-corrected chi connectivity index (χ4v) is 11.1. The third kappa shape index (κ3) is 15.2. The van der Waals surface area contributed by atoms with Crippen molar-refractivity contribution in [2.75, 3.05) is 39.6 Å². The lowest BCUT2D eigenvalue weighted by atomic mass is 9.93. The molecule has 0 spiro atoms. The zero-order valence-electron chi connectivity index (χ0n) is 46.5. The normalized spacial score (nSPS) is 49.4. The monoisotopic (exact) mass is 1260 g/mol. The van der Waals surface area contributed by atoms with Gasteiger partial charge in [0.25, 0.3) is 0 Å². The predicted octanol–water partition coefficient (Wildman–Crippen LogP) is -14.8. The van der Waals surface area contributed by atoms with Gasteiger partial charge in [-0.3, -0.25) is 14.4 Å². The molecule has 0 bridgehead atoms. The van der Waals surface area contributed by atoms with E-state index in [4.69, 9.17) is 61.6 Å². The van der Waals surface area contributed by atoms with Crippen LogP contribution in [0.4, 0.5) is 0 Å². The number of ether oxygens (including phenoxy) is 13. The molecule has 7 fully saturated rings. The molecule has 38 heteroatoms. The largest absolute Gasteiger partial charge is 0.394 e. The van der Waals surface area contributed by atoms with Gasteiger partial charge in [-0.2, -0.15) is 0 Å². The van der Waals surface area contributed by atoms with Gasteiger partial charge in [0.15, 0.2) is 44.0 Å². The van der Waals surface area contributed by atoms with Crippen molar-refractivity contribution in [3.8, 4) is 0 Å². The highest BCUT2D eigenvalue weighted by molar-refractivity contribution is 5.74. The highest BCUT2D eigenvalue weighted by atomic mass is 16.8. The van der Waals surface area contributed by atoms with Crippen molar-refractivity contribution in [2.45, 2.75) is 242 Å². The van der Waals surface area contributed by atoms with E-state index in [2.05, 4.69) is 16.0 Å². The van der Waals surface area contributed by atoms with Crippen molar-refractivity contribution in [2.24, 2.45) is 0 Å². The topological polar surface area (TPSA) is 592 Å². The summed E-state index contributed by atoms with van der Waals surface area (Å²) < 4.78 is 76.3. The summed E-state index contributed by atoms with van der Waals surface area (Å²) in [5, 5.41) is 215. The van der Waals surface area contributed by atoms with Crippen molar-refractivity contribution in [3.05, 3.63) is 0 Å². The minimum Gasteiger partial charge on any atom is -0.394 e. The van der Waals surface area contributed by atoms with Gasteiger partial charge in [0.05, 0.1) is 45.7 Å². The summed E-state index contributed by atoms with van der Waals surface area (Å²) in [5.41, 5.74) is 0. The Hall–Kier alpha value is -2.87. The number of aliphatic hydroxyl groups is 19. The molecule has 0 aromatic rings. The second kappa shape index (κ2) is 30.5. The van der Waals surface area contributed by atoms with Crippen LogP contribution in [0.1, 0.15) is 27.7 Å². The summed E-state index contributed by atoms with van der Waals surface area (Å²) in [4.78, 5) is 37.4. The highest BCUT2D eigenvalue weighted by Crippen LogP contribution is 2.39. The molecule has 35 atom stereocenters. The predicted molar refractivity (Wildman–Crippen MR) is 265 cm³/mol. The van der Waals surface area contributed by atoms with Crippen molar-refractivity contribution in [1.82, 2.24) is 16.0 Å². The second-order valence-electron chi connectivity index (χ2n) is 21.8. The van der Waals surface area contributed by atoms with E-state index < -0.39 is 272 Å². The van der Waals surface area contributed by atoms with Crippen LogP contribution in [0, 0.1) is 0 Å². The Labute approximate surface area is 488 Å². The molecule has 0 aromatic carbocycles. The molecule has 7 heterocycles. The number of carbonyl (C=O) groups is 3. The highest BCUT2D eigenvalue weighted by Gasteiger charge is 2.60. The van der Waals surface area contributed by atoms with E-state index in [0.717, 1.165) is 20.8 Å². The summed E-state index contributed by atoms with van der Waals surface area (Å²) in [6.07, 6.45) is -62.6. The smallest absolute Gasteiger partial charge is 0.217 e. The van der Waals surface area contributed by atoms with Crippen LogP contribution >= 0.6 is 0 Å². The number of nitrogens with one attached hydrogen (secondary N) is 3. The average molecular weight is 1260 g/mol. The lowest BCUT2D eigenvalue weighted by Gasteiger charge is -2.52. The fourth-order valence-electron chi connectivity index (χ4n) is 11.1. The van der Waals surface area contributed by atoms with E-state index in [-0.39, 0.29) is 0 Å². The molecule has 86 heavy (non-hydrogen) atoms.